The Bertz CT molecular complexity index is 561. The Balaban J connectivity index is 2.76. The molecule has 10 heteroatoms. The molecule has 0 aliphatic heterocycles. The van der Waals surface area contributed by atoms with Gasteiger partial charge in [-0.25, -0.2) is 4.39 Å². The minimum Gasteiger partial charge on any atom is -0.480 e. The largest absolute Gasteiger partial charge is 0.480 e. The molecule has 0 aliphatic rings. The third-order valence-corrected chi connectivity index (χ3v) is 3.21. The number of aliphatic carboxylic acids is 1. The van der Waals surface area contributed by atoms with Crippen LogP contribution in [0.4, 0.5) is 26.3 Å². The van der Waals surface area contributed by atoms with Gasteiger partial charge in [-0.05, 0) is 31.7 Å². The third-order valence-electron chi connectivity index (χ3n) is 3.21. The average molecular weight is 359 g/mol. The quantitative estimate of drug-likeness (QED) is 0.758. The van der Waals surface area contributed by atoms with Gasteiger partial charge in [-0.15, -0.1) is 0 Å². The molecule has 0 aromatic heterocycles. The Kier molecular flexibility index (Phi) is 6.09. The summed E-state index contributed by atoms with van der Waals surface area (Å²) >= 11 is 0. The van der Waals surface area contributed by atoms with Crippen molar-refractivity contribution in [1.82, 2.24) is 4.90 Å². The van der Waals surface area contributed by atoms with E-state index in [1.165, 1.54) is 31.0 Å². The topological polar surface area (TPSA) is 49.8 Å². The smallest absolute Gasteiger partial charge is 0.439 e. The van der Waals surface area contributed by atoms with Gasteiger partial charge >= 0.3 is 18.3 Å². The molecular weight excluding hydrogens is 344 g/mol. The van der Waals surface area contributed by atoms with Gasteiger partial charge in [0.15, 0.2) is 0 Å². The summed E-state index contributed by atoms with van der Waals surface area (Å²) in [6.45, 7) is 1.59. The number of benzene rings is 1. The molecule has 0 spiro atoms. The van der Waals surface area contributed by atoms with E-state index in [-0.39, 0.29) is 6.54 Å². The van der Waals surface area contributed by atoms with E-state index in [2.05, 4.69) is 4.74 Å². The van der Waals surface area contributed by atoms with Crippen molar-refractivity contribution in [3.05, 3.63) is 29.8 Å². The van der Waals surface area contributed by atoms with Crippen LogP contribution in [0.3, 0.4) is 0 Å². The summed E-state index contributed by atoms with van der Waals surface area (Å²) in [4.78, 5) is 12.3. The Morgan fingerprint density at radius 2 is 1.71 bits per heavy atom. The number of carboxylic acids is 1. The molecule has 1 rings (SSSR count). The maximum atomic E-state index is 13.1. The highest BCUT2D eigenvalue weighted by Crippen LogP contribution is 2.36. The van der Waals surface area contributed by atoms with Crippen LogP contribution in [0.15, 0.2) is 24.3 Å². The van der Waals surface area contributed by atoms with Crippen LogP contribution in [0.2, 0.25) is 0 Å². The van der Waals surface area contributed by atoms with Gasteiger partial charge in [-0.1, -0.05) is 12.1 Å². The number of alkyl halides is 6. The molecule has 0 fully saturated rings. The normalized spacial score (nSPS) is 15.2. The van der Waals surface area contributed by atoms with Crippen molar-refractivity contribution in [2.45, 2.75) is 38.0 Å². The number of likely N-dealkylation sites (N-methyl/N-ethyl adjacent to an activating group) is 1. The van der Waals surface area contributed by atoms with Gasteiger partial charge in [-0.2, -0.15) is 22.0 Å². The van der Waals surface area contributed by atoms with Crippen LogP contribution in [0, 0.1) is 0 Å². The van der Waals surface area contributed by atoms with Gasteiger partial charge in [-0.3, -0.25) is 9.69 Å². The number of hydrogen-bond acceptors (Lipinski definition) is 3. The highest BCUT2D eigenvalue weighted by Gasteiger charge is 2.59. The van der Waals surface area contributed by atoms with E-state index in [1.54, 1.807) is 0 Å². The summed E-state index contributed by atoms with van der Waals surface area (Å²) in [5.41, 5.74) is 0.508. The predicted molar refractivity (Wildman–Crippen MR) is 71.5 cm³/mol. The SMILES string of the molecule is CC(C(=O)O)N(C)Cc1ccc(OC(F)(F)C(F)C(F)(F)F)cc1. The van der Waals surface area contributed by atoms with Crippen LogP contribution in [0.25, 0.3) is 0 Å². The standard InChI is InChI=1S/C14H15F6NO3/c1-8(11(22)23)21(2)7-9-3-5-10(6-4-9)24-14(19,20)12(15)13(16,17)18/h3-6,8,12H,7H2,1-2H3,(H,22,23). The van der Waals surface area contributed by atoms with Crippen molar-refractivity contribution in [2.24, 2.45) is 0 Å². The van der Waals surface area contributed by atoms with E-state index in [1.807, 2.05) is 0 Å². The summed E-state index contributed by atoms with van der Waals surface area (Å²) < 4.78 is 78.8. The Morgan fingerprint density at radius 3 is 2.12 bits per heavy atom. The number of ether oxygens (including phenoxy) is 1. The molecule has 0 bridgehead atoms. The second kappa shape index (κ2) is 7.29. The Morgan fingerprint density at radius 1 is 1.21 bits per heavy atom. The fraction of sp³-hybridized carbons (Fsp3) is 0.500. The van der Waals surface area contributed by atoms with Gasteiger partial charge in [0, 0.05) is 6.54 Å². The predicted octanol–water partition coefficient (Wildman–Crippen LogP) is 3.46. The maximum absolute atomic E-state index is 13.1. The number of halogens is 6. The fourth-order valence-electron chi connectivity index (χ4n) is 1.68. The Hall–Kier alpha value is -1.97. The first-order valence-corrected chi connectivity index (χ1v) is 6.64. The molecule has 1 aromatic rings. The maximum Gasteiger partial charge on any atom is 0.439 e. The molecule has 0 saturated heterocycles. The molecule has 0 amide bonds. The molecular formula is C14H15F6NO3. The Labute approximate surface area is 133 Å². The molecule has 1 N–H and O–H groups in total. The van der Waals surface area contributed by atoms with Crippen molar-refractivity contribution in [3.8, 4) is 5.75 Å². The number of hydrogen-bond donors (Lipinski definition) is 1. The molecule has 24 heavy (non-hydrogen) atoms. The number of nitrogens with zero attached hydrogens (tertiary/aromatic N) is 1. The molecule has 0 heterocycles. The van der Waals surface area contributed by atoms with E-state index in [9.17, 15) is 31.1 Å². The fourth-order valence-corrected chi connectivity index (χ4v) is 1.68. The van der Waals surface area contributed by atoms with Gasteiger partial charge in [0.05, 0.1) is 0 Å². The number of carboxylic acid groups (broad SMARTS) is 1. The number of rotatable bonds is 7. The van der Waals surface area contributed by atoms with Crippen molar-refractivity contribution >= 4 is 5.97 Å². The molecule has 1 aromatic carbocycles. The zero-order chi connectivity index (χ0) is 18.7. The first-order valence-electron chi connectivity index (χ1n) is 6.64. The molecule has 0 saturated carbocycles. The summed E-state index contributed by atoms with van der Waals surface area (Å²) in [5.74, 6) is -1.71. The van der Waals surface area contributed by atoms with E-state index < -0.39 is 36.2 Å². The average Bonchev–Trinajstić information content (AvgIpc) is 2.46. The van der Waals surface area contributed by atoms with Crippen molar-refractivity contribution < 1.29 is 41.0 Å². The molecule has 136 valence electrons. The molecule has 0 radical (unpaired) electrons. The molecule has 4 nitrogen and oxygen atoms in total. The summed E-state index contributed by atoms with van der Waals surface area (Å²) in [5, 5.41) is 8.85. The first kappa shape index (κ1) is 20.1. The van der Waals surface area contributed by atoms with Gasteiger partial charge in [0.1, 0.15) is 11.8 Å². The van der Waals surface area contributed by atoms with Gasteiger partial charge in [0.2, 0.25) is 0 Å². The van der Waals surface area contributed by atoms with Crippen LogP contribution in [0.5, 0.6) is 5.75 Å². The second-order valence-corrected chi connectivity index (χ2v) is 5.14. The van der Waals surface area contributed by atoms with Crippen LogP contribution < -0.4 is 4.74 Å². The lowest BCUT2D eigenvalue weighted by molar-refractivity contribution is -0.304. The molecule has 2 unspecified atom stereocenters. The van der Waals surface area contributed by atoms with E-state index in [4.69, 9.17) is 5.11 Å². The first-order chi connectivity index (χ1) is 10.8. The summed E-state index contributed by atoms with van der Waals surface area (Å²) in [6, 6.07) is 3.62. The minimum atomic E-state index is -5.75. The second-order valence-electron chi connectivity index (χ2n) is 5.14. The highest BCUT2D eigenvalue weighted by atomic mass is 19.4. The van der Waals surface area contributed by atoms with E-state index in [0.29, 0.717) is 5.56 Å². The van der Waals surface area contributed by atoms with Gasteiger partial charge in [0.25, 0.3) is 6.17 Å². The van der Waals surface area contributed by atoms with E-state index >= 15 is 0 Å². The summed E-state index contributed by atoms with van der Waals surface area (Å²) in [6.07, 6.45) is -15.3. The lowest BCUT2D eigenvalue weighted by atomic mass is 10.2. The van der Waals surface area contributed by atoms with Crippen LogP contribution in [0.1, 0.15) is 12.5 Å². The monoisotopic (exact) mass is 359 g/mol. The highest BCUT2D eigenvalue weighted by molar-refractivity contribution is 5.72. The van der Waals surface area contributed by atoms with Crippen LogP contribution in [-0.2, 0) is 11.3 Å². The van der Waals surface area contributed by atoms with Gasteiger partial charge < -0.3 is 9.84 Å². The lowest BCUT2D eigenvalue weighted by Crippen LogP contribution is -2.45. The van der Waals surface area contributed by atoms with E-state index in [0.717, 1.165) is 12.1 Å². The zero-order valence-corrected chi connectivity index (χ0v) is 12.6. The molecule has 0 aliphatic carbocycles. The van der Waals surface area contributed by atoms with Crippen molar-refractivity contribution in [1.29, 1.82) is 0 Å². The van der Waals surface area contributed by atoms with Crippen molar-refractivity contribution in [3.63, 3.8) is 0 Å². The van der Waals surface area contributed by atoms with Crippen LogP contribution >= 0.6 is 0 Å². The van der Waals surface area contributed by atoms with Crippen LogP contribution in [-0.4, -0.2) is 47.5 Å². The minimum absolute atomic E-state index is 0.151. The lowest BCUT2D eigenvalue weighted by Gasteiger charge is -2.23. The molecule has 2 atom stereocenters. The summed E-state index contributed by atoms with van der Waals surface area (Å²) in [7, 11) is 1.52. The number of carbonyl (C=O) groups is 1. The third kappa shape index (κ3) is 5.29. The van der Waals surface area contributed by atoms with Crippen molar-refractivity contribution in [2.75, 3.05) is 7.05 Å². The zero-order valence-electron chi connectivity index (χ0n) is 12.6.